The minimum atomic E-state index is 0. The number of amides is 1. The molecule has 1 saturated carbocycles. The van der Waals surface area contributed by atoms with Crippen molar-refractivity contribution in [3.8, 4) is 0 Å². The van der Waals surface area contributed by atoms with Crippen LogP contribution in [0.3, 0.4) is 0 Å². The Morgan fingerprint density at radius 1 is 1.21 bits per heavy atom. The molecule has 1 aromatic rings. The molecule has 1 saturated heterocycles. The predicted molar refractivity (Wildman–Crippen MR) is 130 cm³/mol. The number of hydrogen-bond donors (Lipinski definition) is 1. The van der Waals surface area contributed by atoms with Crippen molar-refractivity contribution in [2.75, 3.05) is 53.4 Å². The minimum Gasteiger partial charge on any atom is -0.355 e. The first-order valence-corrected chi connectivity index (χ1v) is 10.6. The largest absolute Gasteiger partial charge is 0.355 e. The Kier molecular flexibility index (Phi) is 9.98. The highest BCUT2D eigenvalue weighted by Crippen LogP contribution is 2.28. The third-order valence-electron chi connectivity index (χ3n) is 5.76. The fourth-order valence-electron chi connectivity index (χ4n) is 3.75. The Labute approximate surface area is 196 Å². The first kappa shape index (κ1) is 24.2. The van der Waals surface area contributed by atoms with E-state index < -0.39 is 0 Å². The lowest BCUT2D eigenvalue weighted by Crippen LogP contribution is -2.52. The van der Waals surface area contributed by atoms with Crippen LogP contribution in [0.25, 0.3) is 0 Å². The van der Waals surface area contributed by atoms with Gasteiger partial charge in [-0.1, -0.05) is 30.2 Å². The lowest BCUT2D eigenvalue weighted by atomic mass is 9.84. The van der Waals surface area contributed by atoms with Crippen LogP contribution in [-0.2, 0) is 11.3 Å². The number of aliphatic imine (C=N–C) groups is 1. The van der Waals surface area contributed by atoms with Crippen molar-refractivity contribution in [3.63, 3.8) is 0 Å². The third kappa shape index (κ3) is 7.00. The molecular formula is C21H33ClIN5O. The maximum absolute atomic E-state index is 12.3. The standard InChI is InChI=1S/C21H32ClN5O.HI/c1-23-21(25(2)16-17-6-8-19(22)9-7-17)24-10-11-26-12-14-27(15-13-26)20(28)18-4-3-5-18;/h6-9,18H,3-5,10-16H2,1-2H3,(H,23,24);1H. The van der Waals surface area contributed by atoms with Gasteiger partial charge in [-0.2, -0.15) is 0 Å². The van der Waals surface area contributed by atoms with Crippen molar-refractivity contribution in [1.29, 1.82) is 0 Å². The molecule has 6 nitrogen and oxygen atoms in total. The first-order chi connectivity index (χ1) is 13.6. The molecule has 3 rings (SSSR count). The fraction of sp³-hybridized carbons (Fsp3) is 0.619. The van der Waals surface area contributed by atoms with Crippen LogP contribution in [0.1, 0.15) is 24.8 Å². The predicted octanol–water partition coefficient (Wildman–Crippen LogP) is 2.91. The van der Waals surface area contributed by atoms with Crippen molar-refractivity contribution >= 4 is 47.4 Å². The van der Waals surface area contributed by atoms with E-state index in [1.165, 1.54) is 12.0 Å². The number of carbonyl (C=O) groups excluding carboxylic acids is 1. The summed E-state index contributed by atoms with van der Waals surface area (Å²) in [5.41, 5.74) is 1.20. The van der Waals surface area contributed by atoms with Gasteiger partial charge in [0.2, 0.25) is 5.91 Å². The molecule has 0 aromatic heterocycles. The fourth-order valence-corrected chi connectivity index (χ4v) is 3.88. The second kappa shape index (κ2) is 12.0. The minimum absolute atomic E-state index is 0. The molecular weight excluding hydrogens is 501 g/mol. The number of hydrogen-bond acceptors (Lipinski definition) is 3. The molecule has 1 aliphatic carbocycles. The number of carbonyl (C=O) groups is 1. The molecule has 0 atom stereocenters. The van der Waals surface area contributed by atoms with Gasteiger partial charge in [0.1, 0.15) is 0 Å². The molecule has 8 heteroatoms. The molecule has 0 spiro atoms. The highest BCUT2D eigenvalue weighted by Gasteiger charge is 2.31. The van der Waals surface area contributed by atoms with E-state index in [-0.39, 0.29) is 24.0 Å². The number of guanidine groups is 1. The Bertz CT molecular complexity index is 672. The Morgan fingerprint density at radius 2 is 1.86 bits per heavy atom. The van der Waals surface area contributed by atoms with Crippen LogP contribution in [0.4, 0.5) is 0 Å². The Hall–Kier alpha value is -1.06. The number of piperazine rings is 1. The number of nitrogens with one attached hydrogen (secondary N) is 1. The summed E-state index contributed by atoms with van der Waals surface area (Å²) in [6.07, 6.45) is 3.40. The molecule has 2 aliphatic rings. The molecule has 1 N–H and O–H groups in total. The zero-order valence-electron chi connectivity index (χ0n) is 17.4. The van der Waals surface area contributed by atoms with Crippen molar-refractivity contribution < 1.29 is 4.79 Å². The highest BCUT2D eigenvalue weighted by atomic mass is 127. The van der Waals surface area contributed by atoms with Gasteiger partial charge in [-0.25, -0.2) is 0 Å². The highest BCUT2D eigenvalue weighted by molar-refractivity contribution is 14.0. The van der Waals surface area contributed by atoms with E-state index in [4.69, 9.17) is 11.6 Å². The van der Waals surface area contributed by atoms with Crippen LogP contribution in [0.15, 0.2) is 29.3 Å². The van der Waals surface area contributed by atoms with Gasteiger partial charge in [-0.3, -0.25) is 14.7 Å². The van der Waals surface area contributed by atoms with Crippen LogP contribution >= 0.6 is 35.6 Å². The van der Waals surface area contributed by atoms with Crippen LogP contribution in [-0.4, -0.2) is 79.9 Å². The second-order valence-corrected chi connectivity index (χ2v) is 8.19. The molecule has 0 radical (unpaired) electrons. The zero-order valence-corrected chi connectivity index (χ0v) is 20.5. The molecule has 29 heavy (non-hydrogen) atoms. The summed E-state index contributed by atoms with van der Waals surface area (Å²) in [4.78, 5) is 23.3. The van der Waals surface area contributed by atoms with Crippen molar-refractivity contribution in [1.82, 2.24) is 20.0 Å². The van der Waals surface area contributed by atoms with Crippen LogP contribution in [0.5, 0.6) is 0 Å². The topological polar surface area (TPSA) is 51.2 Å². The number of halogens is 2. The van der Waals surface area contributed by atoms with Gasteiger partial charge < -0.3 is 15.1 Å². The van der Waals surface area contributed by atoms with Crippen LogP contribution in [0.2, 0.25) is 5.02 Å². The van der Waals surface area contributed by atoms with E-state index in [1.807, 2.05) is 38.4 Å². The van der Waals surface area contributed by atoms with Gasteiger partial charge in [0, 0.05) is 70.8 Å². The molecule has 1 heterocycles. The lowest BCUT2D eigenvalue weighted by molar-refractivity contribution is -0.139. The van der Waals surface area contributed by atoms with Crippen LogP contribution in [0, 0.1) is 5.92 Å². The second-order valence-electron chi connectivity index (χ2n) is 7.75. The van der Waals surface area contributed by atoms with Gasteiger partial charge >= 0.3 is 0 Å². The van der Waals surface area contributed by atoms with E-state index in [1.54, 1.807) is 0 Å². The first-order valence-electron chi connectivity index (χ1n) is 10.2. The Morgan fingerprint density at radius 3 is 2.41 bits per heavy atom. The summed E-state index contributed by atoms with van der Waals surface area (Å²) in [6.45, 7) is 6.21. The van der Waals surface area contributed by atoms with E-state index in [0.717, 1.165) is 69.6 Å². The molecule has 0 unspecified atom stereocenters. The maximum atomic E-state index is 12.3. The van der Waals surface area contributed by atoms with Gasteiger partial charge in [-0.15, -0.1) is 24.0 Å². The number of rotatable bonds is 6. The van der Waals surface area contributed by atoms with Crippen molar-refractivity contribution in [2.45, 2.75) is 25.8 Å². The zero-order chi connectivity index (χ0) is 19.9. The monoisotopic (exact) mass is 533 g/mol. The SMILES string of the molecule is CN=C(NCCN1CCN(C(=O)C2CCC2)CC1)N(C)Cc1ccc(Cl)cc1.I. The Balaban J connectivity index is 0.00000300. The van der Waals surface area contributed by atoms with E-state index >= 15 is 0 Å². The quantitative estimate of drug-likeness (QED) is 0.347. The summed E-state index contributed by atoms with van der Waals surface area (Å²) in [6, 6.07) is 7.90. The molecule has 1 aromatic carbocycles. The molecule has 1 aliphatic heterocycles. The van der Waals surface area contributed by atoms with E-state index in [0.29, 0.717) is 11.8 Å². The normalized spacial score (nSPS) is 18.0. The van der Waals surface area contributed by atoms with Gasteiger partial charge in [0.05, 0.1) is 0 Å². The van der Waals surface area contributed by atoms with E-state index in [9.17, 15) is 4.79 Å². The summed E-state index contributed by atoms with van der Waals surface area (Å²) < 4.78 is 0. The van der Waals surface area contributed by atoms with Crippen molar-refractivity contribution in [2.24, 2.45) is 10.9 Å². The lowest BCUT2D eigenvalue weighted by Gasteiger charge is -2.38. The summed E-state index contributed by atoms with van der Waals surface area (Å²) in [5.74, 6) is 1.58. The average molecular weight is 534 g/mol. The molecule has 1 amide bonds. The third-order valence-corrected chi connectivity index (χ3v) is 6.01. The van der Waals surface area contributed by atoms with Crippen LogP contribution < -0.4 is 5.32 Å². The summed E-state index contributed by atoms with van der Waals surface area (Å²) >= 11 is 5.96. The van der Waals surface area contributed by atoms with Gasteiger partial charge in [0.25, 0.3) is 0 Å². The summed E-state index contributed by atoms with van der Waals surface area (Å²) in [5, 5.41) is 4.20. The maximum Gasteiger partial charge on any atom is 0.225 e. The molecule has 0 bridgehead atoms. The molecule has 162 valence electrons. The average Bonchev–Trinajstić information content (AvgIpc) is 2.66. The van der Waals surface area contributed by atoms with Gasteiger partial charge in [-0.05, 0) is 30.5 Å². The van der Waals surface area contributed by atoms with E-state index in [2.05, 4.69) is 25.0 Å². The number of benzene rings is 1. The number of nitrogens with zero attached hydrogens (tertiary/aromatic N) is 4. The smallest absolute Gasteiger partial charge is 0.225 e. The van der Waals surface area contributed by atoms with Gasteiger partial charge in [0.15, 0.2) is 5.96 Å². The summed E-state index contributed by atoms with van der Waals surface area (Å²) in [7, 11) is 3.85. The molecule has 2 fully saturated rings. The van der Waals surface area contributed by atoms with Crippen molar-refractivity contribution in [3.05, 3.63) is 34.9 Å².